The zero-order valence-corrected chi connectivity index (χ0v) is 20.7. The Morgan fingerprint density at radius 2 is 1.79 bits per heavy atom. The van der Waals surface area contributed by atoms with Crippen LogP contribution >= 0.6 is 0 Å². The first kappa shape index (κ1) is 26.1. The average molecular weight is 476 g/mol. The van der Waals surface area contributed by atoms with Crippen LogP contribution in [0.15, 0.2) is 12.3 Å². The molecule has 0 aromatic carbocycles. The van der Waals surface area contributed by atoms with Crippen molar-refractivity contribution in [2.45, 2.75) is 84.3 Å². The van der Waals surface area contributed by atoms with E-state index in [0.717, 1.165) is 19.4 Å². The first-order chi connectivity index (χ1) is 16.3. The van der Waals surface area contributed by atoms with E-state index in [2.05, 4.69) is 4.98 Å². The van der Waals surface area contributed by atoms with E-state index in [1.807, 2.05) is 6.92 Å². The Morgan fingerprint density at radius 3 is 2.41 bits per heavy atom. The highest BCUT2D eigenvalue weighted by molar-refractivity contribution is 5.99. The SMILES string of the molecule is COc1ccnc(C(=O)C[C@@H](C)C(=O)O[C@@H](C)[C@H](OCC2CC2)C2CCCCC2)c1OC(C)=O. The second-order valence-corrected chi connectivity index (χ2v) is 9.59. The zero-order chi connectivity index (χ0) is 24.7. The third kappa shape index (κ3) is 7.26. The maximum Gasteiger partial charge on any atom is 0.309 e. The van der Waals surface area contributed by atoms with E-state index in [4.69, 9.17) is 18.9 Å². The molecule has 8 nitrogen and oxygen atoms in total. The molecule has 0 spiro atoms. The van der Waals surface area contributed by atoms with Gasteiger partial charge in [0, 0.05) is 32.2 Å². The van der Waals surface area contributed by atoms with Crippen LogP contribution in [0.2, 0.25) is 0 Å². The van der Waals surface area contributed by atoms with Crippen molar-refractivity contribution in [1.82, 2.24) is 4.98 Å². The zero-order valence-electron chi connectivity index (χ0n) is 20.7. The number of aromatic nitrogens is 1. The number of rotatable bonds is 12. The molecule has 1 heterocycles. The molecule has 8 heteroatoms. The lowest BCUT2D eigenvalue weighted by molar-refractivity contribution is -0.164. The van der Waals surface area contributed by atoms with Crippen molar-refractivity contribution in [3.8, 4) is 11.5 Å². The number of Topliss-reactive ketones (excluding diaryl/α,β-unsaturated/α-hetero) is 1. The predicted molar refractivity (Wildman–Crippen MR) is 125 cm³/mol. The number of ether oxygens (including phenoxy) is 4. The van der Waals surface area contributed by atoms with Gasteiger partial charge >= 0.3 is 11.9 Å². The summed E-state index contributed by atoms with van der Waals surface area (Å²) in [4.78, 5) is 41.4. The quantitative estimate of drug-likeness (QED) is 0.321. The lowest BCUT2D eigenvalue weighted by Gasteiger charge is -2.34. The molecular formula is C26H37NO7. The highest BCUT2D eigenvalue weighted by atomic mass is 16.6. The van der Waals surface area contributed by atoms with Crippen molar-refractivity contribution >= 4 is 17.7 Å². The topological polar surface area (TPSA) is 101 Å². The van der Waals surface area contributed by atoms with Crippen LogP contribution in [0.5, 0.6) is 11.5 Å². The summed E-state index contributed by atoms with van der Waals surface area (Å²) in [6.45, 7) is 5.49. The summed E-state index contributed by atoms with van der Waals surface area (Å²) in [6, 6.07) is 1.50. The number of esters is 2. The van der Waals surface area contributed by atoms with Crippen LogP contribution in [0.1, 0.15) is 82.6 Å². The van der Waals surface area contributed by atoms with Crippen molar-refractivity contribution in [2.24, 2.45) is 17.8 Å². The van der Waals surface area contributed by atoms with Crippen molar-refractivity contribution < 1.29 is 33.3 Å². The van der Waals surface area contributed by atoms with E-state index in [1.165, 1.54) is 58.4 Å². The Hall–Kier alpha value is -2.48. The van der Waals surface area contributed by atoms with Gasteiger partial charge in [0.1, 0.15) is 6.10 Å². The molecule has 1 aromatic rings. The average Bonchev–Trinajstić information content (AvgIpc) is 3.64. The lowest BCUT2D eigenvalue weighted by atomic mass is 9.83. The van der Waals surface area contributed by atoms with Gasteiger partial charge in [-0.05, 0) is 44.4 Å². The van der Waals surface area contributed by atoms with Crippen molar-refractivity contribution in [2.75, 3.05) is 13.7 Å². The van der Waals surface area contributed by atoms with E-state index in [-0.39, 0.29) is 29.7 Å². The van der Waals surface area contributed by atoms with Crippen molar-refractivity contribution in [3.05, 3.63) is 18.0 Å². The summed E-state index contributed by atoms with van der Waals surface area (Å²) in [5, 5.41) is 0. The second-order valence-electron chi connectivity index (χ2n) is 9.59. The van der Waals surface area contributed by atoms with Gasteiger partial charge in [-0.15, -0.1) is 0 Å². The molecule has 2 aliphatic carbocycles. The number of hydrogen-bond donors (Lipinski definition) is 0. The molecule has 3 rings (SSSR count). The van der Waals surface area contributed by atoms with Crippen LogP contribution in [-0.4, -0.2) is 48.6 Å². The Bertz CT molecular complexity index is 861. The van der Waals surface area contributed by atoms with E-state index in [0.29, 0.717) is 11.8 Å². The van der Waals surface area contributed by atoms with Crippen LogP contribution in [0.25, 0.3) is 0 Å². The Labute approximate surface area is 201 Å². The van der Waals surface area contributed by atoms with E-state index < -0.39 is 29.7 Å². The molecule has 188 valence electrons. The predicted octanol–water partition coefficient (Wildman–Crippen LogP) is 4.53. The highest BCUT2D eigenvalue weighted by Crippen LogP contribution is 2.35. The molecule has 0 saturated heterocycles. The number of carbonyl (C=O) groups excluding carboxylic acids is 3. The summed E-state index contributed by atoms with van der Waals surface area (Å²) in [5.41, 5.74) is -0.0462. The fourth-order valence-electron chi connectivity index (χ4n) is 4.51. The van der Waals surface area contributed by atoms with Gasteiger partial charge in [-0.2, -0.15) is 0 Å². The third-order valence-corrected chi connectivity index (χ3v) is 6.59. The Morgan fingerprint density at radius 1 is 1.09 bits per heavy atom. The standard InChI is InChI=1S/C26H37NO7/c1-16(14-21(29)23-25(34-18(3)28)22(31-4)12-13-27-23)26(30)33-17(2)24(32-15-19-10-11-19)20-8-6-5-7-9-20/h12-13,16-17,19-20,24H,5-11,14-15H2,1-4H3/t16-,17+,24+/m1/s1. The summed E-state index contributed by atoms with van der Waals surface area (Å²) < 4.78 is 22.4. The second kappa shape index (κ2) is 12.3. The fourth-order valence-corrected chi connectivity index (χ4v) is 4.51. The minimum absolute atomic E-state index is 0.0396. The number of pyridine rings is 1. The van der Waals surface area contributed by atoms with Gasteiger partial charge in [0.05, 0.1) is 19.1 Å². The van der Waals surface area contributed by atoms with E-state index in [9.17, 15) is 14.4 Å². The molecule has 0 radical (unpaired) electrons. The first-order valence-electron chi connectivity index (χ1n) is 12.4. The van der Waals surface area contributed by atoms with Gasteiger partial charge in [-0.3, -0.25) is 14.4 Å². The lowest BCUT2D eigenvalue weighted by Crippen LogP contribution is -2.39. The number of ketones is 1. The molecule has 34 heavy (non-hydrogen) atoms. The maximum atomic E-state index is 12.9. The molecule has 0 amide bonds. The van der Waals surface area contributed by atoms with Crippen molar-refractivity contribution in [3.63, 3.8) is 0 Å². The molecule has 0 N–H and O–H groups in total. The molecule has 3 atom stereocenters. The Balaban J connectivity index is 1.62. The minimum atomic E-state index is -0.691. The Kier molecular flexibility index (Phi) is 9.45. The molecule has 0 unspecified atom stereocenters. The molecular weight excluding hydrogens is 438 g/mol. The summed E-state index contributed by atoms with van der Waals surface area (Å²) in [6.07, 6.45) is 8.95. The van der Waals surface area contributed by atoms with E-state index >= 15 is 0 Å². The molecule has 1 aromatic heterocycles. The molecule has 2 fully saturated rings. The van der Waals surface area contributed by atoms with Gasteiger partial charge in [-0.25, -0.2) is 4.98 Å². The molecule has 2 saturated carbocycles. The number of methoxy groups -OCH3 is 1. The largest absolute Gasteiger partial charge is 0.493 e. The van der Waals surface area contributed by atoms with Crippen LogP contribution in [0.3, 0.4) is 0 Å². The van der Waals surface area contributed by atoms with Gasteiger partial charge in [0.2, 0.25) is 5.75 Å². The number of nitrogens with zero attached hydrogens (tertiary/aromatic N) is 1. The van der Waals surface area contributed by atoms with Gasteiger partial charge < -0.3 is 18.9 Å². The summed E-state index contributed by atoms with van der Waals surface area (Å²) in [7, 11) is 1.41. The van der Waals surface area contributed by atoms with Crippen LogP contribution in [-0.2, 0) is 19.1 Å². The fraction of sp³-hybridized carbons (Fsp3) is 0.692. The molecule has 0 bridgehead atoms. The smallest absolute Gasteiger partial charge is 0.309 e. The van der Waals surface area contributed by atoms with Crippen LogP contribution in [0, 0.1) is 17.8 Å². The van der Waals surface area contributed by atoms with E-state index in [1.54, 1.807) is 6.92 Å². The van der Waals surface area contributed by atoms with Crippen LogP contribution < -0.4 is 9.47 Å². The molecule has 2 aliphatic rings. The minimum Gasteiger partial charge on any atom is -0.493 e. The van der Waals surface area contributed by atoms with Gasteiger partial charge in [-0.1, -0.05) is 26.2 Å². The van der Waals surface area contributed by atoms with Gasteiger partial charge in [0.15, 0.2) is 17.2 Å². The van der Waals surface area contributed by atoms with Gasteiger partial charge in [0.25, 0.3) is 0 Å². The third-order valence-electron chi connectivity index (χ3n) is 6.59. The molecule has 0 aliphatic heterocycles. The maximum absolute atomic E-state index is 12.9. The monoisotopic (exact) mass is 475 g/mol. The number of hydrogen-bond acceptors (Lipinski definition) is 8. The first-order valence-corrected chi connectivity index (χ1v) is 12.4. The van der Waals surface area contributed by atoms with Crippen LogP contribution in [0.4, 0.5) is 0 Å². The number of carbonyl (C=O) groups is 3. The highest BCUT2D eigenvalue weighted by Gasteiger charge is 2.34. The normalized spacial score (nSPS) is 19.1. The summed E-state index contributed by atoms with van der Waals surface area (Å²) >= 11 is 0. The summed E-state index contributed by atoms with van der Waals surface area (Å²) in [5.74, 6) is -0.963. The van der Waals surface area contributed by atoms with Crippen molar-refractivity contribution in [1.29, 1.82) is 0 Å².